The molecule has 1 aliphatic rings. The van der Waals surface area contributed by atoms with E-state index in [1.54, 1.807) is 0 Å². The first kappa shape index (κ1) is 28.2. The fourth-order valence-electron chi connectivity index (χ4n) is 4.71. The smallest absolute Gasteiger partial charge is 0.257 e. The number of nitrogens with one attached hydrogen (secondary N) is 1. The highest BCUT2D eigenvalue weighted by Crippen LogP contribution is 2.26. The van der Waals surface area contributed by atoms with Crippen molar-refractivity contribution in [3.05, 3.63) is 66.8 Å². The van der Waals surface area contributed by atoms with Crippen LogP contribution in [0.3, 0.4) is 0 Å². The number of piperidine rings is 1. The summed E-state index contributed by atoms with van der Waals surface area (Å²) < 4.78 is 36.1. The maximum absolute atomic E-state index is 14.3. The molecule has 208 valence electrons. The Bertz CT molecular complexity index is 1230. The summed E-state index contributed by atoms with van der Waals surface area (Å²) in [4.78, 5) is 23.3. The minimum Gasteiger partial charge on any atom is -0.493 e. The van der Waals surface area contributed by atoms with E-state index in [2.05, 4.69) is 45.7 Å². The SMILES string of the molecule is C=CCNC(=O)c1c(F)cc(OCCCC2CCN(c3ncc(-c4cnn(CC(C)C)c4)cn3)CC2)cc1F. The van der Waals surface area contributed by atoms with Gasteiger partial charge in [0.2, 0.25) is 5.95 Å². The fraction of sp³-hybridized carbons (Fsp3) is 0.448. The maximum Gasteiger partial charge on any atom is 0.257 e. The van der Waals surface area contributed by atoms with Crippen LogP contribution in [-0.4, -0.2) is 51.9 Å². The molecule has 39 heavy (non-hydrogen) atoms. The van der Waals surface area contributed by atoms with Crippen LogP contribution in [0.15, 0.2) is 49.6 Å². The molecule has 0 radical (unpaired) electrons. The lowest BCUT2D eigenvalue weighted by molar-refractivity contribution is 0.0949. The van der Waals surface area contributed by atoms with Gasteiger partial charge in [0.15, 0.2) is 0 Å². The standard InChI is InChI=1S/C29H36F2N6O2/c1-4-9-32-28(38)27-25(30)13-24(14-26(27)31)39-12-5-6-21-7-10-36(11-8-21)29-33-15-22(16-34-29)23-17-35-37(19-23)18-20(2)3/h4,13-17,19-21H,1,5-12,18H2,2-3H3,(H,32,38). The van der Waals surface area contributed by atoms with Crippen LogP contribution in [0, 0.1) is 23.5 Å². The second-order valence-corrected chi connectivity index (χ2v) is 10.3. The first-order valence-electron chi connectivity index (χ1n) is 13.4. The van der Waals surface area contributed by atoms with Gasteiger partial charge in [-0.05, 0) is 37.5 Å². The maximum atomic E-state index is 14.3. The minimum absolute atomic E-state index is 0.0768. The van der Waals surface area contributed by atoms with Gasteiger partial charge >= 0.3 is 0 Å². The molecule has 0 aliphatic carbocycles. The Kier molecular flexibility index (Phi) is 9.62. The largest absolute Gasteiger partial charge is 0.493 e. The van der Waals surface area contributed by atoms with Crippen molar-refractivity contribution in [1.82, 2.24) is 25.1 Å². The van der Waals surface area contributed by atoms with Crippen molar-refractivity contribution in [3.63, 3.8) is 0 Å². The summed E-state index contributed by atoms with van der Waals surface area (Å²) >= 11 is 0. The van der Waals surface area contributed by atoms with Crippen LogP contribution in [0.1, 0.15) is 49.9 Å². The third-order valence-corrected chi connectivity index (χ3v) is 6.73. The van der Waals surface area contributed by atoms with E-state index in [-0.39, 0.29) is 12.3 Å². The normalized spacial score (nSPS) is 14.0. The van der Waals surface area contributed by atoms with Crippen LogP contribution in [0.2, 0.25) is 0 Å². The van der Waals surface area contributed by atoms with E-state index >= 15 is 0 Å². The number of rotatable bonds is 12. The number of hydrogen-bond donors (Lipinski definition) is 1. The van der Waals surface area contributed by atoms with E-state index in [0.717, 1.165) is 74.5 Å². The molecule has 1 fully saturated rings. The van der Waals surface area contributed by atoms with Gasteiger partial charge in [0.05, 0.1) is 12.8 Å². The number of carbonyl (C=O) groups is 1. The Labute approximate surface area is 228 Å². The predicted octanol–water partition coefficient (Wildman–Crippen LogP) is 5.27. The molecule has 1 aliphatic heterocycles. The predicted molar refractivity (Wildman–Crippen MR) is 147 cm³/mol. The first-order chi connectivity index (χ1) is 18.8. The Morgan fingerprint density at radius 1 is 1.15 bits per heavy atom. The summed E-state index contributed by atoms with van der Waals surface area (Å²) in [7, 11) is 0. The van der Waals surface area contributed by atoms with Gasteiger partial charge in [-0.3, -0.25) is 9.48 Å². The third-order valence-electron chi connectivity index (χ3n) is 6.73. The van der Waals surface area contributed by atoms with Crippen molar-refractivity contribution >= 4 is 11.9 Å². The molecule has 3 heterocycles. The Hall–Kier alpha value is -3.82. The average Bonchev–Trinajstić information content (AvgIpc) is 3.38. The molecule has 3 aromatic rings. The van der Waals surface area contributed by atoms with E-state index < -0.39 is 23.1 Å². The number of nitrogens with zero attached hydrogens (tertiary/aromatic N) is 5. The highest BCUT2D eigenvalue weighted by atomic mass is 19.1. The number of halogens is 2. The summed E-state index contributed by atoms with van der Waals surface area (Å²) in [5.74, 6) is -0.833. The van der Waals surface area contributed by atoms with Crippen LogP contribution in [0.25, 0.3) is 11.1 Å². The number of anilines is 1. The van der Waals surface area contributed by atoms with Crippen molar-refractivity contribution in [2.75, 3.05) is 31.1 Å². The highest BCUT2D eigenvalue weighted by molar-refractivity contribution is 5.95. The van der Waals surface area contributed by atoms with Crippen molar-refractivity contribution in [3.8, 4) is 16.9 Å². The Morgan fingerprint density at radius 2 is 1.85 bits per heavy atom. The highest BCUT2D eigenvalue weighted by Gasteiger charge is 2.22. The van der Waals surface area contributed by atoms with Crippen LogP contribution >= 0.6 is 0 Å². The molecule has 0 saturated carbocycles. The van der Waals surface area contributed by atoms with Gasteiger partial charge in [0, 0.05) is 68.0 Å². The van der Waals surface area contributed by atoms with Gasteiger partial charge in [-0.25, -0.2) is 18.7 Å². The molecule has 0 unspecified atom stereocenters. The lowest BCUT2D eigenvalue weighted by atomic mass is 9.92. The number of amides is 1. The zero-order valence-corrected chi connectivity index (χ0v) is 22.6. The molecular weight excluding hydrogens is 502 g/mol. The second-order valence-electron chi connectivity index (χ2n) is 10.3. The number of aromatic nitrogens is 4. The summed E-state index contributed by atoms with van der Waals surface area (Å²) in [6.45, 7) is 10.9. The summed E-state index contributed by atoms with van der Waals surface area (Å²) in [6.07, 6.45) is 12.8. The molecule has 4 rings (SSSR count). The van der Waals surface area contributed by atoms with E-state index in [1.165, 1.54) is 6.08 Å². The molecule has 8 nitrogen and oxygen atoms in total. The van der Waals surface area contributed by atoms with Gasteiger partial charge in [-0.1, -0.05) is 19.9 Å². The molecule has 1 amide bonds. The van der Waals surface area contributed by atoms with Crippen LogP contribution < -0.4 is 15.0 Å². The van der Waals surface area contributed by atoms with Crippen LogP contribution in [0.5, 0.6) is 5.75 Å². The molecule has 0 atom stereocenters. The van der Waals surface area contributed by atoms with E-state index in [0.29, 0.717) is 18.4 Å². The van der Waals surface area contributed by atoms with E-state index in [9.17, 15) is 13.6 Å². The van der Waals surface area contributed by atoms with E-state index in [1.807, 2.05) is 29.5 Å². The minimum atomic E-state index is -0.949. The van der Waals surface area contributed by atoms with Crippen LogP contribution in [0.4, 0.5) is 14.7 Å². The monoisotopic (exact) mass is 538 g/mol. The fourth-order valence-corrected chi connectivity index (χ4v) is 4.71. The summed E-state index contributed by atoms with van der Waals surface area (Å²) in [6, 6.07) is 2.10. The van der Waals surface area contributed by atoms with Gasteiger partial charge < -0.3 is 15.0 Å². The summed E-state index contributed by atoms with van der Waals surface area (Å²) in [5.41, 5.74) is 1.35. The second kappa shape index (κ2) is 13.3. The quantitative estimate of drug-likeness (QED) is 0.250. The third kappa shape index (κ3) is 7.61. The topological polar surface area (TPSA) is 85.2 Å². The molecular formula is C29H36F2N6O2. The molecule has 1 aromatic carbocycles. The molecule has 1 N–H and O–H groups in total. The lowest BCUT2D eigenvalue weighted by Crippen LogP contribution is -2.34. The van der Waals surface area contributed by atoms with Crippen molar-refractivity contribution in [2.45, 2.75) is 46.1 Å². The van der Waals surface area contributed by atoms with Gasteiger partial charge in [-0.2, -0.15) is 5.10 Å². The number of benzene rings is 1. The zero-order valence-electron chi connectivity index (χ0n) is 22.6. The van der Waals surface area contributed by atoms with Crippen molar-refractivity contribution < 1.29 is 18.3 Å². The molecule has 0 spiro atoms. The summed E-state index contributed by atoms with van der Waals surface area (Å²) in [5, 5.41) is 6.79. The number of carbonyl (C=O) groups excluding carboxylic acids is 1. The zero-order chi connectivity index (χ0) is 27.8. The average molecular weight is 539 g/mol. The number of ether oxygens (including phenoxy) is 1. The lowest BCUT2D eigenvalue weighted by Gasteiger charge is -2.32. The van der Waals surface area contributed by atoms with Crippen LogP contribution in [-0.2, 0) is 6.54 Å². The van der Waals surface area contributed by atoms with Crippen molar-refractivity contribution in [1.29, 1.82) is 0 Å². The molecule has 1 saturated heterocycles. The van der Waals surface area contributed by atoms with Gasteiger partial charge in [0.25, 0.3) is 5.91 Å². The van der Waals surface area contributed by atoms with E-state index in [4.69, 9.17) is 4.74 Å². The Morgan fingerprint density at radius 3 is 2.49 bits per heavy atom. The Balaban J connectivity index is 1.19. The first-order valence-corrected chi connectivity index (χ1v) is 13.4. The molecule has 2 aromatic heterocycles. The van der Waals surface area contributed by atoms with Crippen molar-refractivity contribution in [2.24, 2.45) is 11.8 Å². The number of hydrogen-bond acceptors (Lipinski definition) is 6. The molecule has 10 heteroatoms. The van der Waals surface area contributed by atoms with Gasteiger partial charge in [0.1, 0.15) is 22.9 Å². The molecule has 0 bridgehead atoms. The van der Waals surface area contributed by atoms with Gasteiger partial charge in [-0.15, -0.1) is 6.58 Å².